The Morgan fingerprint density at radius 2 is 1.91 bits per heavy atom. The predicted molar refractivity (Wildman–Crippen MR) is 86.6 cm³/mol. The van der Waals surface area contributed by atoms with Crippen LogP contribution in [0.15, 0.2) is 18.2 Å². The second-order valence-electron chi connectivity index (χ2n) is 5.56. The second-order valence-corrected chi connectivity index (χ2v) is 6.79. The van der Waals surface area contributed by atoms with Gasteiger partial charge in [0.25, 0.3) is 5.91 Å². The minimum atomic E-state index is -0.630. The van der Waals surface area contributed by atoms with Crippen LogP contribution in [0.1, 0.15) is 51.7 Å². The molecule has 3 N–H and O–H groups in total. The predicted octanol–water partition coefficient (Wildman–Crippen LogP) is 3.28. The molecule has 0 aliphatic rings. The maximum absolute atomic E-state index is 13.2. The van der Waals surface area contributed by atoms with Gasteiger partial charge >= 0.3 is 0 Å². The summed E-state index contributed by atoms with van der Waals surface area (Å²) in [6.07, 6.45) is 0. The van der Waals surface area contributed by atoms with Crippen LogP contribution in [-0.4, -0.2) is 17.4 Å². The number of amides is 1. The first kappa shape index (κ1) is 17.5. The highest BCUT2D eigenvalue weighted by Crippen LogP contribution is 2.22. The Hall–Kier alpha value is -1.86. The molecule has 2 aromatic rings. The number of thiazole rings is 1. The quantitative estimate of drug-likeness (QED) is 0.878. The van der Waals surface area contributed by atoms with E-state index in [0.29, 0.717) is 16.3 Å². The third kappa shape index (κ3) is 4.33. The van der Waals surface area contributed by atoms with Crippen molar-refractivity contribution in [3.05, 3.63) is 51.0 Å². The molecule has 0 saturated heterocycles. The Labute approximate surface area is 137 Å². The third-order valence-electron chi connectivity index (χ3n) is 3.44. The van der Waals surface area contributed by atoms with Gasteiger partial charge in [0.2, 0.25) is 0 Å². The number of benzene rings is 1. The van der Waals surface area contributed by atoms with Crippen LogP contribution in [0.4, 0.5) is 8.78 Å². The Morgan fingerprint density at radius 1 is 1.30 bits per heavy atom. The molecule has 23 heavy (non-hydrogen) atoms. The van der Waals surface area contributed by atoms with E-state index in [4.69, 9.17) is 5.73 Å². The van der Waals surface area contributed by atoms with Crippen LogP contribution in [0.2, 0.25) is 0 Å². The minimum Gasteiger partial charge on any atom is -0.350 e. The number of nitrogens with two attached hydrogens (primary N) is 1. The van der Waals surface area contributed by atoms with E-state index in [1.807, 2.05) is 6.92 Å². The highest BCUT2D eigenvalue weighted by Gasteiger charge is 2.18. The summed E-state index contributed by atoms with van der Waals surface area (Å²) in [6, 6.07) is 3.13. The van der Waals surface area contributed by atoms with E-state index in [-0.39, 0.29) is 24.4 Å². The molecule has 1 heterocycles. The van der Waals surface area contributed by atoms with Crippen molar-refractivity contribution in [2.45, 2.75) is 32.7 Å². The van der Waals surface area contributed by atoms with Crippen molar-refractivity contribution in [2.75, 3.05) is 6.54 Å². The van der Waals surface area contributed by atoms with Crippen LogP contribution >= 0.6 is 11.3 Å². The van der Waals surface area contributed by atoms with E-state index in [1.54, 1.807) is 13.8 Å². The zero-order valence-corrected chi connectivity index (χ0v) is 14.0. The number of nitrogens with one attached hydrogen (secondary N) is 1. The Balaban J connectivity index is 2.03. The first-order chi connectivity index (χ1) is 10.8. The van der Waals surface area contributed by atoms with Crippen molar-refractivity contribution in [3.63, 3.8) is 0 Å². The van der Waals surface area contributed by atoms with Gasteiger partial charge in [0.1, 0.15) is 22.3 Å². The molecule has 0 bridgehead atoms. The highest BCUT2D eigenvalue weighted by molar-refractivity contribution is 7.11. The molecule has 124 valence electrons. The van der Waals surface area contributed by atoms with Crippen molar-refractivity contribution in [1.82, 2.24) is 10.3 Å². The molecular formula is C16H19F2N3OS. The molecule has 2 unspecified atom stereocenters. The Bertz CT molecular complexity index is 695. The first-order valence-corrected chi connectivity index (χ1v) is 8.06. The molecule has 2 rings (SSSR count). The summed E-state index contributed by atoms with van der Waals surface area (Å²) in [4.78, 5) is 17.3. The molecule has 0 aliphatic heterocycles. The fourth-order valence-corrected chi connectivity index (χ4v) is 3.00. The normalized spacial score (nSPS) is 13.7. The van der Waals surface area contributed by atoms with Crippen LogP contribution in [0.25, 0.3) is 0 Å². The Kier molecular flexibility index (Phi) is 5.43. The van der Waals surface area contributed by atoms with Gasteiger partial charge in [-0.2, -0.15) is 0 Å². The lowest BCUT2D eigenvalue weighted by Crippen LogP contribution is -2.28. The van der Waals surface area contributed by atoms with Crippen LogP contribution < -0.4 is 11.1 Å². The van der Waals surface area contributed by atoms with Gasteiger partial charge in [0.15, 0.2) is 0 Å². The van der Waals surface area contributed by atoms with E-state index in [1.165, 1.54) is 23.5 Å². The molecule has 0 saturated carbocycles. The maximum atomic E-state index is 13.2. The number of hydrogen-bond donors (Lipinski definition) is 2. The van der Waals surface area contributed by atoms with Gasteiger partial charge in [-0.15, -0.1) is 11.3 Å². The molecule has 4 nitrogen and oxygen atoms in total. The number of aryl methyl sites for hydroxylation is 1. The maximum Gasteiger partial charge on any atom is 0.271 e. The van der Waals surface area contributed by atoms with Gasteiger partial charge in [-0.3, -0.25) is 4.79 Å². The number of hydrogen-bond acceptors (Lipinski definition) is 4. The number of aromatic nitrogens is 1. The van der Waals surface area contributed by atoms with Crippen LogP contribution in [0, 0.1) is 18.6 Å². The van der Waals surface area contributed by atoms with Crippen molar-refractivity contribution in [3.8, 4) is 0 Å². The van der Waals surface area contributed by atoms with E-state index < -0.39 is 11.6 Å². The fraction of sp³-hybridized carbons (Fsp3) is 0.375. The monoisotopic (exact) mass is 339 g/mol. The average Bonchev–Trinajstić information content (AvgIpc) is 2.85. The molecule has 0 aliphatic carbocycles. The summed E-state index contributed by atoms with van der Waals surface area (Å²) in [5.74, 6) is -1.80. The lowest BCUT2D eigenvalue weighted by atomic mass is 10.0. The lowest BCUT2D eigenvalue weighted by molar-refractivity contribution is 0.0946. The molecule has 7 heteroatoms. The van der Waals surface area contributed by atoms with Gasteiger partial charge in [0, 0.05) is 17.5 Å². The minimum absolute atomic E-state index is 0.226. The van der Waals surface area contributed by atoms with E-state index in [0.717, 1.165) is 10.9 Å². The number of carbonyl (C=O) groups is 1. The molecule has 0 fully saturated rings. The zero-order valence-electron chi connectivity index (χ0n) is 13.2. The number of nitrogens with zero attached hydrogens (tertiary/aromatic N) is 1. The molecule has 1 amide bonds. The van der Waals surface area contributed by atoms with Crippen LogP contribution in [0.5, 0.6) is 0 Å². The topological polar surface area (TPSA) is 68.0 Å². The average molecular weight is 339 g/mol. The molecule has 0 radical (unpaired) electrons. The van der Waals surface area contributed by atoms with Gasteiger partial charge < -0.3 is 11.1 Å². The second kappa shape index (κ2) is 7.14. The van der Waals surface area contributed by atoms with Crippen LogP contribution in [0.3, 0.4) is 0 Å². The van der Waals surface area contributed by atoms with Crippen LogP contribution in [-0.2, 0) is 0 Å². The smallest absolute Gasteiger partial charge is 0.271 e. The largest absolute Gasteiger partial charge is 0.350 e. The van der Waals surface area contributed by atoms with Gasteiger partial charge in [-0.1, -0.05) is 6.92 Å². The van der Waals surface area contributed by atoms with Crippen molar-refractivity contribution >= 4 is 17.2 Å². The first-order valence-electron chi connectivity index (χ1n) is 7.25. The van der Waals surface area contributed by atoms with Crippen molar-refractivity contribution in [2.24, 2.45) is 5.73 Å². The molecular weight excluding hydrogens is 320 g/mol. The summed E-state index contributed by atoms with van der Waals surface area (Å²) in [5, 5.41) is 3.45. The van der Waals surface area contributed by atoms with Crippen molar-refractivity contribution in [1.29, 1.82) is 0 Å². The standard InChI is InChI=1S/C16H19F2N3OS/c1-8(11-4-12(17)6-13(18)5-11)7-20-15(22)14-10(3)23-16(21-14)9(2)19/h4-6,8-9H,7,19H2,1-3H3,(H,20,22). The van der Waals surface area contributed by atoms with Gasteiger partial charge in [-0.05, 0) is 37.5 Å². The third-order valence-corrected chi connectivity index (χ3v) is 4.61. The number of rotatable bonds is 5. The van der Waals surface area contributed by atoms with Gasteiger partial charge in [0.05, 0.1) is 6.04 Å². The summed E-state index contributed by atoms with van der Waals surface area (Å²) in [5.41, 5.74) is 6.61. The van der Waals surface area contributed by atoms with Crippen molar-refractivity contribution < 1.29 is 13.6 Å². The Morgan fingerprint density at radius 3 is 2.43 bits per heavy atom. The number of halogens is 2. The lowest BCUT2D eigenvalue weighted by Gasteiger charge is -2.13. The summed E-state index contributed by atoms with van der Waals surface area (Å²) in [6.45, 7) is 5.66. The fourth-order valence-electron chi connectivity index (χ4n) is 2.13. The molecule has 2 atom stereocenters. The summed E-state index contributed by atoms with van der Waals surface area (Å²) in [7, 11) is 0. The zero-order chi connectivity index (χ0) is 17.1. The summed E-state index contributed by atoms with van der Waals surface area (Å²) >= 11 is 1.39. The summed E-state index contributed by atoms with van der Waals surface area (Å²) < 4.78 is 26.5. The van der Waals surface area contributed by atoms with E-state index in [9.17, 15) is 13.6 Å². The number of carbonyl (C=O) groups excluding carboxylic acids is 1. The molecule has 1 aromatic carbocycles. The highest BCUT2D eigenvalue weighted by atomic mass is 32.1. The molecule has 1 aromatic heterocycles. The molecule has 0 spiro atoms. The SMILES string of the molecule is Cc1sc(C(C)N)nc1C(=O)NCC(C)c1cc(F)cc(F)c1. The van der Waals surface area contributed by atoms with E-state index >= 15 is 0 Å². The van der Waals surface area contributed by atoms with E-state index in [2.05, 4.69) is 10.3 Å². The van der Waals surface area contributed by atoms with Gasteiger partial charge in [-0.25, -0.2) is 13.8 Å².